The first-order valence-electron chi connectivity index (χ1n) is 11.9. The second kappa shape index (κ2) is 25.3. The van der Waals surface area contributed by atoms with Crippen molar-refractivity contribution in [1.29, 1.82) is 10.5 Å². The van der Waals surface area contributed by atoms with Crippen LogP contribution in [0, 0.1) is 28.6 Å². The van der Waals surface area contributed by atoms with Crippen LogP contribution in [0.1, 0.15) is 112 Å². The van der Waals surface area contributed by atoms with Gasteiger partial charge in [-0.25, -0.2) is 0 Å². The normalized spacial score (nSPS) is 9.22. The van der Waals surface area contributed by atoms with E-state index >= 15 is 0 Å². The Morgan fingerprint density at radius 3 is 1.53 bits per heavy atom. The van der Waals surface area contributed by atoms with Crippen LogP contribution in [0.15, 0.2) is 36.9 Å². The molecule has 2 rings (SSSR count). The fraction of sp³-hybridized carbons (Fsp3) is 0.600. The van der Waals surface area contributed by atoms with Crippen LogP contribution in [0.4, 0.5) is 0 Å². The van der Waals surface area contributed by atoms with E-state index in [9.17, 15) is 0 Å². The fourth-order valence-corrected chi connectivity index (χ4v) is 2.06. The Labute approximate surface area is 222 Å². The van der Waals surface area contributed by atoms with Crippen molar-refractivity contribution >= 4 is 0 Å². The molecule has 6 heteroatoms. The molecule has 0 aliphatic heterocycles. The van der Waals surface area contributed by atoms with E-state index in [4.69, 9.17) is 20.0 Å². The first kappa shape index (κ1) is 40.4. The number of aromatic nitrogens is 2. The van der Waals surface area contributed by atoms with Gasteiger partial charge in [-0.15, -0.1) is 0 Å². The Bertz CT molecular complexity index is 848. The van der Waals surface area contributed by atoms with Crippen molar-refractivity contribution in [2.45, 2.75) is 109 Å². The second-order valence-corrected chi connectivity index (χ2v) is 9.06. The molecular formula is C30H52N4O2. The Morgan fingerprint density at radius 1 is 0.722 bits per heavy atom. The Balaban J connectivity index is -0.000000203. The Morgan fingerprint density at radius 2 is 1.17 bits per heavy atom. The third-order valence-corrected chi connectivity index (χ3v) is 3.56. The molecule has 0 aliphatic carbocycles. The summed E-state index contributed by atoms with van der Waals surface area (Å²) in [6.07, 6.45) is 7.22. The van der Waals surface area contributed by atoms with Gasteiger partial charge in [0.15, 0.2) is 0 Å². The molecule has 0 bridgehead atoms. The van der Waals surface area contributed by atoms with Crippen LogP contribution in [-0.2, 0) is 16.1 Å². The van der Waals surface area contributed by atoms with Gasteiger partial charge in [-0.1, -0.05) is 49.5 Å². The highest BCUT2D eigenvalue weighted by atomic mass is 16.5. The smallest absolute Gasteiger partial charge is 0.101 e. The summed E-state index contributed by atoms with van der Waals surface area (Å²) in [7, 11) is 0. The van der Waals surface area contributed by atoms with Gasteiger partial charge in [0.25, 0.3) is 0 Å². The third kappa shape index (κ3) is 25.8. The van der Waals surface area contributed by atoms with Crippen LogP contribution in [-0.4, -0.2) is 28.8 Å². The van der Waals surface area contributed by atoms with E-state index in [2.05, 4.69) is 50.7 Å². The summed E-state index contributed by atoms with van der Waals surface area (Å²) in [6, 6.07) is 7.76. The minimum absolute atomic E-state index is 0. The maximum atomic E-state index is 8.61. The average molecular weight is 501 g/mol. The molecule has 0 saturated carbocycles. The number of rotatable bonds is 6. The third-order valence-electron chi connectivity index (χ3n) is 3.56. The van der Waals surface area contributed by atoms with Crippen LogP contribution in [0.5, 0.6) is 0 Å². The summed E-state index contributed by atoms with van der Waals surface area (Å²) in [5.74, 6) is 1.27. The van der Waals surface area contributed by atoms with E-state index in [1.807, 2.05) is 46.8 Å². The number of hydrogen-bond donors (Lipinski definition) is 0. The Kier molecular flexibility index (Phi) is 28.4. The molecule has 0 fully saturated rings. The highest BCUT2D eigenvalue weighted by molar-refractivity contribution is 5.30. The summed E-state index contributed by atoms with van der Waals surface area (Å²) in [4.78, 5) is 7.89. The van der Waals surface area contributed by atoms with Crippen LogP contribution >= 0.6 is 0 Å². The van der Waals surface area contributed by atoms with E-state index in [-0.39, 0.29) is 21.0 Å². The van der Waals surface area contributed by atoms with Gasteiger partial charge < -0.3 is 9.47 Å². The molecule has 0 unspecified atom stereocenters. The van der Waals surface area contributed by atoms with Gasteiger partial charge in [0.1, 0.15) is 12.1 Å². The second-order valence-electron chi connectivity index (χ2n) is 9.06. The number of pyridine rings is 2. The lowest BCUT2D eigenvalue weighted by atomic mass is 10.0. The van der Waals surface area contributed by atoms with Gasteiger partial charge >= 0.3 is 0 Å². The molecule has 204 valence electrons. The lowest BCUT2D eigenvalue weighted by Gasteiger charge is -2.06. The summed E-state index contributed by atoms with van der Waals surface area (Å²) >= 11 is 0. The minimum atomic E-state index is 0. The molecule has 6 nitrogen and oxygen atoms in total. The molecule has 2 heterocycles. The van der Waals surface area contributed by atoms with Gasteiger partial charge in [0.05, 0.1) is 29.9 Å². The lowest BCUT2D eigenvalue weighted by molar-refractivity contribution is 0.0655. The number of ether oxygens (including phenoxy) is 2. The number of nitriles is 2. The van der Waals surface area contributed by atoms with Crippen molar-refractivity contribution in [3.05, 3.63) is 59.2 Å². The number of nitrogens with zero attached hydrogens (tertiary/aromatic N) is 4. The standard InChI is InChI=1S/C10H12N2O.C9H10N2.C5H12O.C4H10.2CH4/c1-8(2)13-7-10-3-9(4-11)5-12-6-10;1-7(2)9-3-8(4-10)5-11-6-9;1-4-6-5(2)3;1-4(2)3;;/h3,5-6,8H,7H2,1-2H3;3,5-7H,1-2H3;5H,4H2,1-3H3;4H,1-3H3;2*1H4. The maximum Gasteiger partial charge on any atom is 0.101 e. The summed E-state index contributed by atoms with van der Waals surface area (Å²) in [6.45, 7) is 22.0. The molecule has 0 atom stereocenters. The largest absolute Gasteiger partial charge is 0.379 e. The quantitative estimate of drug-likeness (QED) is 0.396. The molecular weight excluding hydrogens is 448 g/mol. The van der Waals surface area contributed by atoms with Crippen molar-refractivity contribution in [2.24, 2.45) is 5.92 Å². The molecule has 2 aromatic rings. The van der Waals surface area contributed by atoms with Gasteiger partial charge in [-0.2, -0.15) is 10.5 Å². The van der Waals surface area contributed by atoms with Crippen LogP contribution in [0.3, 0.4) is 0 Å². The van der Waals surface area contributed by atoms with E-state index in [0.717, 1.165) is 23.7 Å². The van der Waals surface area contributed by atoms with Crippen LogP contribution < -0.4 is 0 Å². The predicted octanol–water partition coefficient (Wildman–Crippen LogP) is 8.32. The SMILES string of the molecule is C.C.CC(C)C.CC(C)OCc1cncc(C#N)c1.CC(C)c1cncc(C#N)c1.CCOC(C)C. The van der Waals surface area contributed by atoms with E-state index < -0.39 is 0 Å². The van der Waals surface area contributed by atoms with Crippen LogP contribution in [0.25, 0.3) is 0 Å². The highest BCUT2D eigenvalue weighted by Gasteiger charge is 1.99. The molecule has 0 saturated heterocycles. The molecule has 2 aromatic heterocycles. The predicted molar refractivity (Wildman–Crippen MR) is 153 cm³/mol. The number of hydrogen-bond acceptors (Lipinski definition) is 6. The maximum absolute atomic E-state index is 8.61. The molecule has 0 amide bonds. The van der Waals surface area contributed by atoms with E-state index in [1.165, 1.54) is 0 Å². The Hall–Kier alpha value is -2.80. The summed E-state index contributed by atoms with van der Waals surface area (Å²) in [5.41, 5.74) is 3.26. The monoisotopic (exact) mass is 500 g/mol. The average Bonchev–Trinajstić information content (AvgIpc) is 2.78. The lowest BCUT2D eigenvalue weighted by Crippen LogP contribution is -2.02. The topological polar surface area (TPSA) is 91.8 Å². The molecule has 0 radical (unpaired) electrons. The van der Waals surface area contributed by atoms with Gasteiger partial charge in [0.2, 0.25) is 0 Å². The highest BCUT2D eigenvalue weighted by Crippen LogP contribution is 2.13. The zero-order valence-electron chi connectivity index (χ0n) is 22.8. The van der Waals surface area contributed by atoms with E-state index in [0.29, 0.717) is 29.8 Å². The molecule has 0 aliphatic rings. The van der Waals surface area contributed by atoms with Crippen molar-refractivity contribution < 1.29 is 9.47 Å². The molecule has 36 heavy (non-hydrogen) atoms. The summed E-state index contributed by atoms with van der Waals surface area (Å²) < 4.78 is 10.4. The summed E-state index contributed by atoms with van der Waals surface area (Å²) in [5, 5.41) is 17.2. The van der Waals surface area contributed by atoms with E-state index in [1.54, 1.807) is 30.9 Å². The first-order valence-corrected chi connectivity index (χ1v) is 11.9. The molecule has 0 spiro atoms. The molecule has 0 N–H and O–H groups in total. The van der Waals surface area contributed by atoms with Crippen molar-refractivity contribution in [3.63, 3.8) is 0 Å². The van der Waals surface area contributed by atoms with Crippen molar-refractivity contribution in [2.75, 3.05) is 6.61 Å². The van der Waals surface area contributed by atoms with Crippen LogP contribution in [0.2, 0.25) is 0 Å². The van der Waals surface area contributed by atoms with Gasteiger partial charge in [0, 0.05) is 31.4 Å². The molecule has 0 aromatic carbocycles. The zero-order valence-corrected chi connectivity index (χ0v) is 22.8. The van der Waals surface area contributed by atoms with Crippen molar-refractivity contribution in [3.8, 4) is 12.1 Å². The zero-order chi connectivity index (χ0) is 26.5. The first-order chi connectivity index (χ1) is 16.0. The van der Waals surface area contributed by atoms with Gasteiger partial charge in [-0.05, 0) is 69.7 Å². The van der Waals surface area contributed by atoms with Gasteiger partial charge in [-0.3, -0.25) is 9.97 Å². The minimum Gasteiger partial charge on any atom is -0.379 e. The fourth-order valence-electron chi connectivity index (χ4n) is 2.06. The van der Waals surface area contributed by atoms with Crippen molar-refractivity contribution in [1.82, 2.24) is 9.97 Å².